The molecular weight excluding hydrogens is 196 g/mol. The molecule has 0 aliphatic carbocycles. The van der Waals surface area contributed by atoms with E-state index in [2.05, 4.69) is 39.7 Å². The Morgan fingerprint density at radius 1 is 1.25 bits per heavy atom. The minimum Gasteiger partial charge on any atom is -0.386 e. The van der Waals surface area contributed by atoms with E-state index in [1.807, 2.05) is 6.92 Å². The van der Waals surface area contributed by atoms with Crippen LogP contribution in [0.5, 0.6) is 0 Å². The molecule has 0 aromatic heterocycles. The molecule has 1 heteroatoms. The quantitative estimate of drug-likeness (QED) is 0.539. The van der Waals surface area contributed by atoms with Crippen molar-refractivity contribution in [1.82, 2.24) is 0 Å². The van der Waals surface area contributed by atoms with Crippen molar-refractivity contribution in [3.8, 4) is 0 Å². The van der Waals surface area contributed by atoms with E-state index in [0.29, 0.717) is 0 Å². The summed E-state index contributed by atoms with van der Waals surface area (Å²) in [5.74, 6) is 0. The van der Waals surface area contributed by atoms with Gasteiger partial charge in [0.15, 0.2) is 0 Å². The number of allylic oxidation sites excluding steroid dienone is 4. The van der Waals surface area contributed by atoms with E-state index in [9.17, 15) is 5.11 Å². The van der Waals surface area contributed by atoms with Crippen LogP contribution >= 0.6 is 0 Å². The molecule has 92 valence electrons. The van der Waals surface area contributed by atoms with Crippen molar-refractivity contribution in [2.24, 2.45) is 0 Å². The Morgan fingerprint density at radius 2 is 1.69 bits per heavy atom. The third kappa shape index (κ3) is 15.4. The van der Waals surface area contributed by atoms with Crippen molar-refractivity contribution in [3.05, 3.63) is 49.1 Å². The first-order valence-electron chi connectivity index (χ1n) is 5.52. The Bertz CT molecular complexity index is 253. The van der Waals surface area contributed by atoms with Crippen molar-refractivity contribution < 1.29 is 5.11 Å². The first-order valence-corrected chi connectivity index (χ1v) is 5.52. The van der Waals surface area contributed by atoms with Gasteiger partial charge in [0.2, 0.25) is 0 Å². The van der Waals surface area contributed by atoms with Crippen LogP contribution < -0.4 is 0 Å². The summed E-state index contributed by atoms with van der Waals surface area (Å²) in [6, 6.07) is 0. The minimum absolute atomic E-state index is 0.702. The molecule has 0 saturated carbocycles. The molecule has 0 spiro atoms. The van der Waals surface area contributed by atoms with Crippen LogP contribution in [0.3, 0.4) is 0 Å². The number of hydrogen-bond donors (Lipinski definition) is 1. The van der Waals surface area contributed by atoms with E-state index in [4.69, 9.17) is 0 Å². The van der Waals surface area contributed by atoms with E-state index < -0.39 is 5.60 Å². The first kappa shape index (κ1) is 17.3. The largest absolute Gasteiger partial charge is 0.386 e. The van der Waals surface area contributed by atoms with Crippen LogP contribution in [0.15, 0.2) is 49.1 Å². The summed E-state index contributed by atoms with van der Waals surface area (Å²) in [7, 11) is 0. The molecule has 1 unspecified atom stereocenters. The fraction of sp³-hybridized carbons (Fsp3) is 0.467. The van der Waals surface area contributed by atoms with Crippen LogP contribution in [0.1, 0.15) is 40.5 Å². The topological polar surface area (TPSA) is 20.2 Å². The molecule has 16 heavy (non-hydrogen) atoms. The zero-order valence-corrected chi connectivity index (χ0v) is 11.2. The van der Waals surface area contributed by atoms with Gasteiger partial charge in [-0.2, -0.15) is 0 Å². The third-order valence-corrected chi connectivity index (χ3v) is 1.99. The van der Waals surface area contributed by atoms with Gasteiger partial charge in [-0.25, -0.2) is 0 Å². The van der Waals surface area contributed by atoms with Gasteiger partial charge in [-0.1, -0.05) is 42.5 Å². The van der Waals surface area contributed by atoms with Crippen molar-refractivity contribution in [2.45, 2.75) is 46.1 Å². The van der Waals surface area contributed by atoms with Gasteiger partial charge in [0.1, 0.15) is 0 Å². The SMILES string of the molecule is C=CC(=C)C.C=CC(C)(O)CCC=C(C)C. The van der Waals surface area contributed by atoms with Crippen LogP contribution in [-0.2, 0) is 0 Å². The highest BCUT2D eigenvalue weighted by molar-refractivity contribution is 5.05. The van der Waals surface area contributed by atoms with Gasteiger partial charge in [-0.15, -0.1) is 6.58 Å². The minimum atomic E-state index is -0.702. The summed E-state index contributed by atoms with van der Waals surface area (Å²) in [5, 5.41) is 9.49. The molecule has 0 aliphatic heterocycles. The summed E-state index contributed by atoms with van der Waals surface area (Å²) in [6.45, 7) is 18.4. The predicted molar refractivity (Wildman–Crippen MR) is 74.5 cm³/mol. The average Bonchev–Trinajstić information content (AvgIpc) is 2.18. The van der Waals surface area contributed by atoms with Crippen molar-refractivity contribution in [1.29, 1.82) is 0 Å². The smallest absolute Gasteiger partial charge is 0.0800 e. The van der Waals surface area contributed by atoms with Gasteiger partial charge in [0.05, 0.1) is 5.60 Å². The Balaban J connectivity index is 0. The zero-order valence-electron chi connectivity index (χ0n) is 11.2. The summed E-state index contributed by atoms with van der Waals surface area (Å²) in [4.78, 5) is 0. The Morgan fingerprint density at radius 3 is 1.94 bits per heavy atom. The summed E-state index contributed by atoms with van der Waals surface area (Å²) in [6.07, 6.45) is 7.10. The molecule has 0 bridgehead atoms. The maximum atomic E-state index is 9.49. The van der Waals surface area contributed by atoms with Gasteiger partial charge < -0.3 is 5.11 Å². The van der Waals surface area contributed by atoms with Crippen molar-refractivity contribution in [3.63, 3.8) is 0 Å². The van der Waals surface area contributed by atoms with E-state index >= 15 is 0 Å². The summed E-state index contributed by atoms with van der Waals surface area (Å²) < 4.78 is 0. The highest BCUT2D eigenvalue weighted by Crippen LogP contribution is 2.13. The van der Waals surface area contributed by atoms with Gasteiger partial charge >= 0.3 is 0 Å². The highest BCUT2D eigenvalue weighted by Gasteiger charge is 2.12. The normalized spacial score (nSPS) is 12.6. The first-order chi connectivity index (χ1) is 7.25. The zero-order chi connectivity index (χ0) is 13.2. The van der Waals surface area contributed by atoms with Crippen LogP contribution in [-0.4, -0.2) is 10.7 Å². The lowest BCUT2D eigenvalue weighted by Crippen LogP contribution is -2.19. The standard InChI is InChI=1S/C10H18O.C5H8/c1-5-10(4,11)8-6-7-9(2)3;1-4-5(2)3/h5,7,11H,1,6,8H2,2-4H3;4H,1-2H2,3H3. The molecule has 1 nitrogen and oxygen atoms in total. The second kappa shape index (κ2) is 9.17. The summed E-state index contributed by atoms with van der Waals surface area (Å²) >= 11 is 0. The molecule has 1 atom stereocenters. The number of aliphatic hydroxyl groups is 1. The molecule has 0 aromatic rings. The molecule has 0 aliphatic rings. The Hall–Kier alpha value is -1.08. The van der Waals surface area contributed by atoms with Crippen LogP contribution in [0.25, 0.3) is 0 Å². The molecule has 0 aromatic carbocycles. The molecule has 0 heterocycles. The highest BCUT2D eigenvalue weighted by atomic mass is 16.3. The molecule has 0 radical (unpaired) electrons. The van der Waals surface area contributed by atoms with E-state index in [0.717, 1.165) is 18.4 Å². The molecule has 0 amide bonds. The maximum absolute atomic E-state index is 9.49. The lowest BCUT2D eigenvalue weighted by Gasteiger charge is -2.16. The third-order valence-electron chi connectivity index (χ3n) is 1.99. The van der Waals surface area contributed by atoms with Gasteiger partial charge in [0, 0.05) is 0 Å². The van der Waals surface area contributed by atoms with Crippen molar-refractivity contribution in [2.75, 3.05) is 0 Å². The van der Waals surface area contributed by atoms with Crippen LogP contribution in [0, 0.1) is 0 Å². The number of rotatable bonds is 5. The van der Waals surface area contributed by atoms with Gasteiger partial charge in [0.25, 0.3) is 0 Å². The van der Waals surface area contributed by atoms with Crippen LogP contribution in [0.4, 0.5) is 0 Å². The van der Waals surface area contributed by atoms with Crippen LogP contribution in [0.2, 0.25) is 0 Å². The van der Waals surface area contributed by atoms with Gasteiger partial charge in [-0.3, -0.25) is 0 Å². The summed E-state index contributed by atoms with van der Waals surface area (Å²) in [5.41, 5.74) is 1.61. The van der Waals surface area contributed by atoms with E-state index in [-0.39, 0.29) is 0 Å². The Labute approximate surface area is 101 Å². The van der Waals surface area contributed by atoms with E-state index in [1.165, 1.54) is 5.57 Å². The fourth-order valence-electron chi connectivity index (χ4n) is 0.755. The molecule has 0 fully saturated rings. The lowest BCUT2D eigenvalue weighted by atomic mass is 10.00. The number of hydrogen-bond acceptors (Lipinski definition) is 1. The predicted octanol–water partition coefficient (Wildman–Crippen LogP) is 4.42. The molecule has 0 rings (SSSR count). The maximum Gasteiger partial charge on any atom is 0.0800 e. The fourth-order valence-corrected chi connectivity index (χ4v) is 0.755. The van der Waals surface area contributed by atoms with E-state index in [1.54, 1.807) is 19.1 Å². The molecular formula is C15H26O. The Kier molecular flexibility index (Phi) is 9.92. The second-order valence-corrected chi connectivity index (χ2v) is 4.43. The molecule has 0 saturated heterocycles. The lowest BCUT2D eigenvalue weighted by molar-refractivity contribution is 0.103. The monoisotopic (exact) mass is 222 g/mol. The average molecular weight is 222 g/mol. The second-order valence-electron chi connectivity index (χ2n) is 4.43. The van der Waals surface area contributed by atoms with Crippen molar-refractivity contribution >= 4 is 0 Å². The molecule has 1 N–H and O–H groups in total. The van der Waals surface area contributed by atoms with Gasteiger partial charge in [-0.05, 0) is 40.5 Å².